The molecular formula is C21H22O4. The van der Waals surface area contributed by atoms with Crippen molar-refractivity contribution in [3.63, 3.8) is 0 Å². The Balaban J connectivity index is 2.07. The first-order valence-electron chi connectivity index (χ1n) is 8.42. The largest absolute Gasteiger partial charge is 0.488 e. The first kappa shape index (κ1) is 17.2. The summed E-state index contributed by atoms with van der Waals surface area (Å²) in [6, 6.07) is 15.2. The zero-order chi connectivity index (χ0) is 17.8. The Kier molecular flexibility index (Phi) is 5.19. The van der Waals surface area contributed by atoms with Gasteiger partial charge in [0.05, 0.1) is 6.61 Å². The fourth-order valence-corrected chi connectivity index (χ4v) is 2.93. The Morgan fingerprint density at radius 3 is 2.60 bits per heavy atom. The number of ether oxygens (including phenoxy) is 2. The zero-order valence-electron chi connectivity index (χ0n) is 14.7. The molecule has 1 unspecified atom stereocenters. The van der Waals surface area contributed by atoms with Crippen LogP contribution in [-0.4, -0.2) is 19.8 Å². The lowest BCUT2D eigenvalue weighted by Gasteiger charge is -2.17. The summed E-state index contributed by atoms with van der Waals surface area (Å²) >= 11 is 0. The van der Waals surface area contributed by atoms with Gasteiger partial charge in [-0.05, 0) is 36.6 Å². The smallest absolute Gasteiger partial charge is 0.336 e. The van der Waals surface area contributed by atoms with Crippen LogP contribution >= 0.6 is 0 Å². The van der Waals surface area contributed by atoms with Crippen molar-refractivity contribution in [3.05, 3.63) is 64.5 Å². The second-order valence-corrected chi connectivity index (χ2v) is 6.06. The maximum Gasteiger partial charge on any atom is 0.336 e. The van der Waals surface area contributed by atoms with Gasteiger partial charge in [0.2, 0.25) is 0 Å². The quantitative estimate of drug-likeness (QED) is 0.618. The Hall–Kier alpha value is -2.59. The molecule has 3 aromatic rings. The molecule has 4 heteroatoms. The highest BCUT2D eigenvalue weighted by Gasteiger charge is 2.13. The number of aryl methyl sites for hydroxylation is 1. The second-order valence-electron chi connectivity index (χ2n) is 6.06. The van der Waals surface area contributed by atoms with E-state index in [9.17, 15) is 4.79 Å². The number of hydrogen-bond acceptors (Lipinski definition) is 4. The molecular weight excluding hydrogens is 316 g/mol. The van der Waals surface area contributed by atoms with Gasteiger partial charge in [-0.3, -0.25) is 0 Å². The molecule has 2 aromatic carbocycles. The van der Waals surface area contributed by atoms with E-state index < -0.39 is 0 Å². The normalized spacial score (nSPS) is 12.3. The fourth-order valence-electron chi connectivity index (χ4n) is 2.93. The predicted molar refractivity (Wildman–Crippen MR) is 99.2 cm³/mol. The molecule has 0 aliphatic rings. The molecule has 3 rings (SSSR count). The molecule has 0 fully saturated rings. The van der Waals surface area contributed by atoms with E-state index in [1.807, 2.05) is 50.2 Å². The molecule has 0 spiro atoms. The van der Waals surface area contributed by atoms with Crippen molar-refractivity contribution in [3.8, 4) is 16.9 Å². The topological polar surface area (TPSA) is 48.7 Å². The number of fused-ring (bicyclic) bond motifs is 1. The Bertz CT molecular complexity index is 927. The molecule has 1 atom stereocenters. The molecule has 0 aliphatic heterocycles. The van der Waals surface area contributed by atoms with Crippen LogP contribution in [0.1, 0.15) is 18.9 Å². The first-order chi connectivity index (χ1) is 12.1. The van der Waals surface area contributed by atoms with Crippen LogP contribution in [-0.2, 0) is 4.74 Å². The molecule has 0 aliphatic carbocycles. The third kappa shape index (κ3) is 3.74. The standard InChI is InChI=1S/C21H22O4/c1-4-15(13-23-3)24-16-9-10-18-19(12-21(22)25-20(18)11-16)17-8-6-5-7-14(17)2/h5-12,15H,4,13H2,1-3H3. The van der Waals surface area contributed by atoms with Gasteiger partial charge in [-0.25, -0.2) is 4.79 Å². The van der Waals surface area contributed by atoms with Crippen molar-refractivity contribution in [2.45, 2.75) is 26.4 Å². The van der Waals surface area contributed by atoms with Gasteiger partial charge in [0.1, 0.15) is 17.4 Å². The summed E-state index contributed by atoms with van der Waals surface area (Å²) in [5.74, 6) is 0.668. The van der Waals surface area contributed by atoms with E-state index in [2.05, 4.69) is 0 Å². The maximum atomic E-state index is 12.1. The van der Waals surface area contributed by atoms with E-state index in [4.69, 9.17) is 13.9 Å². The minimum absolute atomic E-state index is 0.0336. The average molecular weight is 338 g/mol. The zero-order valence-corrected chi connectivity index (χ0v) is 14.7. The molecule has 0 amide bonds. The SMILES string of the molecule is CCC(COC)Oc1ccc2c(-c3ccccc3C)cc(=O)oc2c1. The molecule has 130 valence electrons. The number of methoxy groups -OCH3 is 1. The van der Waals surface area contributed by atoms with Crippen molar-refractivity contribution >= 4 is 11.0 Å². The lowest BCUT2D eigenvalue weighted by molar-refractivity contribution is 0.0788. The fraction of sp³-hybridized carbons (Fsp3) is 0.286. The van der Waals surface area contributed by atoms with Crippen LogP contribution in [0.4, 0.5) is 0 Å². The van der Waals surface area contributed by atoms with E-state index in [1.165, 1.54) is 0 Å². The van der Waals surface area contributed by atoms with E-state index in [0.29, 0.717) is 17.9 Å². The third-order valence-electron chi connectivity index (χ3n) is 4.26. The summed E-state index contributed by atoms with van der Waals surface area (Å²) in [6.07, 6.45) is 0.799. The van der Waals surface area contributed by atoms with Crippen LogP contribution in [0.2, 0.25) is 0 Å². The van der Waals surface area contributed by atoms with Gasteiger partial charge in [0.25, 0.3) is 0 Å². The second kappa shape index (κ2) is 7.53. The van der Waals surface area contributed by atoms with Crippen LogP contribution in [0.3, 0.4) is 0 Å². The molecule has 25 heavy (non-hydrogen) atoms. The molecule has 0 saturated carbocycles. The van der Waals surface area contributed by atoms with E-state index in [0.717, 1.165) is 28.5 Å². The molecule has 0 radical (unpaired) electrons. The van der Waals surface area contributed by atoms with Crippen LogP contribution in [0.5, 0.6) is 5.75 Å². The Labute approximate surface area is 147 Å². The van der Waals surface area contributed by atoms with Crippen LogP contribution in [0, 0.1) is 6.92 Å². The summed E-state index contributed by atoms with van der Waals surface area (Å²) in [7, 11) is 1.65. The highest BCUT2D eigenvalue weighted by atomic mass is 16.5. The van der Waals surface area contributed by atoms with Gasteiger partial charge >= 0.3 is 5.63 Å². The van der Waals surface area contributed by atoms with Crippen LogP contribution < -0.4 is 10.4 Å². The van der Waals surface area contributed by atoms with Crippen molar-refractivity contribution in [1.82, 2.24) is 0 Å². The average Bonchev–Trinajstić information content (AvgIpc) is 2.61. The molecule has 0 bridgehead atoms. The molecule has 1 heterocycles. The Morgan fingerprint density at radius 1 is 1.08 bits per heavy atom. The minimum Gasteiger partial charge on any atom is -0.488 e. The third-order valence-corrected chi connectivity index (χ3v) is 4.26. The summed E-state index contributed by atoms with van der Waals surface area (Å²) in [5.41, 5.74) is 3.17. The van der Waals surface area contributed by atoms with Gasteiger partial charge in [-0.2, -0.15) is 0 Å². The molecule has 1 aromatic heterocycles. The lowest BCUT2D eigenvalue weighted by Crippen LogP contribution is -2.21. The number of benzene rings is 2. The monoisotopic (exact) mass is 338 g/mol. The summed E-state index contributed by atoms with van der Waals surface area (Å²) < 4.78 is 16.5. The summed E-state index contributed by atoms with van der Waals surface area (Å²) in [6.45, 7) is 4.59. The van der Waals surface area contributed by atoms with Crippen molar-refractivity contribution in [1.29, 1.82) is 0 Å². The molecule has 4 nitrogen and oxygen atoms in total. The van der Waals surface area contributed by atoms with Gasteiger partial charge < -0.3 is 13.9 Å². The molecule has 0 N–H and O–H groups in total. The van der Waals surface area contributed by atoms with Gasteiger partial charge in [0.15, 0.2) is 0 Å². The highest BCUT2D eigenvalue weighted by Crippen LogP contribution is 2.31. The van der Waals surface area contributed by atoms with Crippen LogP contribution in [0.25, 0.3) is 22.1 Å². The van der Waals surface area contributed by atoms with Gasteiger partial charge in [-0.15, -0.1) is 0 Å². The van der Waals surface area contributed by atoms with Crippen LogP contribution in [0.15, 0.2) is 57.7 Å². The van der Waals surface area contributed by atoms with E-state index in [-0.39, 0.29) is 11.7 Å². The maximum absolute atomic E-state index is 12.1. The van der Waals surface area contributed by atoms with Gasteiger partial charge in [0, 0.05) is 30.2 Å². The predicted octanol–water partition coefficient (Wildman–Crippen LogP) is 4.57. The lowest BCUT2D eigenvalue weighted by atomic mass is 9.98. The van der Waals surface area contributed by atoms with Crippen molar-refractivity contribution in [2.24, 2.45) is 0 Å². The highest BCUT2D eigenvalue weighted by molar-refractivity contribution is 5.94. The van der Waals surface area contributed by atoms with Crippen molar-refractivity contribution in [2.75, 3.05) is 13.7 Å². The first-order valence-corrected chi connectivity index (χ1v) is 8.42. The van der Waals surface area contributed by atoms with E-state index >= 15 is 0 Å². The molecule has 0 saturated heterocycles. The number of rotatable bonds is 6. The minimum atomic E-state index is -0.369. The van der Waals surface area contributed by atoms with Gasteiger partial charge in [-0.1, -0.05) is 31.2 Å². The summed E-state index contributed by atoms with van der Waals surface area (Å²) in [5, 5.41) is 0.890. The Morgan fingerprint density at radius 2 is 1.88 bits per heavy atom. The van der Waals surface area contributed by atoms with Crippen molar-refractivity contribution < 1.29 is 13.9 Å². The van der Waals surface area contributed by atoms with E-state index in [1.54, 1.807) is 19.2 Å². The summed E-state index contributed by atoms with van der Waals surface area (Å²) in [4.78, 5) is 12.1. The number of hydrogen-bond donors (Lipinski definition) is 0.